The van der Waals surface area contributed by atoms with E-state index >= 15 is 0 Å². The summed E-state index contributed by atoms with van der Waals surface area (Å²) in [5.74, 6) is -4.44. The molecule has 1 aromatic rings. The van der Waals surface area contributed by atoms with Crippen LogP contribution in [-0.4, -0.2) is 48.5 Å². The molecular weight excluding hydrogens is 384 g/mol. The Bertz CT molecular complexity index is 735. The lowest BCUT2D eigenvalue weighted by Crippen LogP contribution is -2.45. The van der Waals surface area contributed by atoms with Crippen LogP contribution < -0.4 is 0 Å². The highest BCUT2D eigenvalue weighted by Crippen LogP contribution is 2.23. The molecule has 9 heteroatoms. The fourth-order valence-electron chi connectivity index (χ4n) is 2.81. The van der Waals surface area contributed by atoms with E-state index in [2.05, 4.69) is 0 Å². The Morgan fingerprint density at radius 2 is 1.81 bits per heavy atom. The van der Waals surface area contributed by atoms with Gasteiger partial charge in [0.25, 0.3) is 5.91 Å². The maximum Gasteiger partial charge on any atom is 0.340 e. The minimum Gasteiger partial charge on any atom is -0.466 e. The van der Waals surface area contributed by atoms with Gasteiger partial charge in [-0.2, -0.15) is 0 Å². The zero-order valence-corrected chi connectivity index (χ0v) is 15.7. The van der Waals surface area contributed by atoms with Crippen molar-refractivity contribution >= 4 is 29.4 Å². The van der Waals surface area contributed by atoms with Gasteiger partial charge in [0.05, 0.1) is 23.1 Å². The first-order valence-electron chi connectivity index (χ1n) is 8.55. The smallest absolute Gasteiger partial charge is 0.340 e. The Morgan fingerprint density at radius 1 is 1.22 bits per heavy atom. The monoisotopic (exact) mass is 403 g/mol. The summed E-state index contributed by atoms with van der Waals surface area (Å²) in [5.41, 5.74) is -0.365. The molecule has 0 N–H and O–H groups in total. The van der Waals surface area contributed by atoms with E-state index in [0.29, 0.717) is 44.7 Å². The summed E-state index contributed by atoms with van der Waals surface area (Å²) < 4.78 is 36.4. The molecule has 148 valence electrons. The van der Waals surface area contributed by atoms with Gasteiger partial charge in [0, 0.05) is 13.1 Å². The van der Waals surface area contributed by atoms with Gasteiger partial charge in [-0.25, -0.2) is 13.6 Å². The lowest BCUT2D eigenvalue weighted by atomic mass is 9.97. The van der Waals surface area contributed by atoms with E-state index in [9.17, 15) is 23.2 Å². The largest absolute Gasteiger partial charge is 0.466 e. The zero-order valence-electron chi connectivity index (χ0n) is 15.0. The molecule has 27 heavy (non-hydrogen) atoms. The van der Waals surface area contributed by atoms with Crippen molar-refractivity contribution in [2.75, 3.05) is 19.7 Å². The number of piperidine rings is 1. The van der Waals surface area contributed by atoms with E-state index in [0.717, 1.165) is 0 Å². The standard InChI is InChI=1S/C18H20ClF2NO5/c1-3-26-17(24)11-4-6-22(7-5-11)16(23)10(2)27-18(25)12-8-14(20)15(21)9-13(12)19/h8-11H,3-7H2,1-2H3. The molecule has 1 aromatic carbocycles. The van der Waals surface area contributed by atoms with Gasteiger partial charge in [0.2, 0.25) is 0 Å². The minimum absolute atomic E-state index is 0.257. The summed E-state index contributed by atoms with van der Waals surface area (Å²) >= 11 is 5.73. The summed E-state index contributed by atoms with van der Waals surface area (Å²) in [6.07, 6.45) is -0.221. The van der Waals surface area contributed by atoms with Gasteiger partial charge in [-0.3, -0.25) is 9.59 Å². The van der Waals surface area contributed by atoms with Crippen LogP contribution in [0, 0.1) is 17.6 Å². The normalized spacial score (nSPS) is 16.0. The van der Waals surface area contributed by atoms with Gasteiger partial charge < -0.3 is 14.4 Å². The highest BCUT2D eigenvalue weighted by atomic mass is 35.5. The van der Waals surface area contributed by atoms with Gasteiger partial charge >= 0.3 is 11.9 Å². The number of carbonyl (C=O) groups is 3. The van der Waals surface area contributed by atoms with E-state index in [1.165, 1.54) is 11.8 Å². The maximum atomic E-state index is 13.3. The van der Waals surface area contributed by atoms with Crippen molar-refractivity contribution in [1.82, 2.24) is 4.90 Å². The van der Waals surface area contributed by atoms with Crippen molar-refractivity contribution in [3.63, 3.8) is 0 Å². The van der Waals surface area contributed by atoms with Crippen LogP contribution in [0.25, 0.3) is 0 Å². The molecule has 1 saturated heterocycles. The second-order valence-corrected chi connectivity index (χ2v) is 6.55. The molecule has 2 rings (SSSR count). The van der Waals surface area contributed by atoms with E-state index in [1.54, 1.807) is 6.92 Å². The zero-order chi connectivity index (χ0) is 20.1. The molecule has 1 unspecified atom stereocenters. The van der Waals surface area contributed by atoms with Crippen molar-refractivity contribution in [3.05, 3.63) is 34.4 Å². The van der Waals surface area contributed by atoms with Crippen LogP contribution in [0.2, 0.25) is 5.02 Å². The van der Waals surface area contributed by atoms with Gasteiger partial charge in [-0.15, -0.1) is 0 Å². The highest BCUT2D eigenvalue weighted by Gasteiger charge is 2.31. The van der Waals surface area contributed by atoms with Crippen molar-refractivity contribution in [2.45, 2.75) is 32.8 Å². The number of esters is 2. The molecule has 6 nitrogen and oxygen atoms in total. The topological polar surface area (TPSA) is 72.9 Å². The average Bonchev–Trinajstić information content (AvgIpc) is 2.64. The molecule has 0 aliphatic carbocycles. The predicted octanol–water partition coefficient (Wildman–Crippen LogP) is 2.97. The minimum atomic E-state index is -1.24. The Labute approximate surface area is 160 Å². The van der Waals surface area contributed by atoms with Crippen LogP contribution in [0.15, 0.2) is 12.1 Å². The number of ether oxygens (including phenoxy) is 2. The lowest BCUT2D eigenvalue weighted by molar-refractivity contribution is -0.152. The summed E-state index contributed by atoms with van der Waals surface area (Å²) in [7, 11) is 0. The molecule has 0 bridgehead atoms. The number of nitrogens with zero attached hydrogens (tertiary/aromatic N) is 1. The van der Waals surface area contributed by atoms with Crippen molar-refractivity contribution in [2.24, 2.45) is 5.92 Å². The summed E-state index contributed by atoms with van der Waals surface area (Å²) in [5, 5.41) is -0.311. The van der Waals surface area contributed by atoms with E-state index in [-0.39, 0.29) is 22.5 Å². The van der Waals surface area contributed by atoms with Crippen LogP contribution in [0.1, 0.15) is 37.0 Å². The number of rotatable bonds is 5. The van der Waals surface area contributed by atoms with Crippen molar-refractivity contribution < 1.29 is 32.6 Å². The maximum absolute atomic E-state index is 13.3. The van der Waals surface area contributed by atoms with Gasteiger partial charge in [0.1, 0.15) is 0 Å². The lowest BCUT2D eigenvalue weighted by Gasteiger charge is -2.32. The van der Waals surface area contributed by atoms with Crippen LogP contribution in [0.3, 0.4) is 0 Å². The van der Waals surface area contributed by atoms with Gasteiger partial charge in [0.15, 0.2) is 17.7 Å². The Balaban J connectivity index is 1.93. The summed E-state index contributed by atoms with van der Waals surface area (Å²) in [4.78, 5) is 37.8. The molecule has 1 amide bonds. The van der Waals surface area contributed by atoms with E-state index in [4.69, 9.17) is 21.1 Å². The van der Waals surface area contributed by atoms with Crippen LogP contribution in [-0.2, 0) is 19.1 Å². The van der Waals surface area contributed by atoms with Crippen LogP contribution in [0.5, 0.6) is 0 Å². The van der Waals surface area contributed by atoms with Gasteiger partial charge in [-0.1, -0.05) is 11.6 Å². The Kier molecular flexibility index (Phi) is 7.12. The third-order valence-electron chi connectivity index (χ3n) is 4.29. The average molecular weight is 404 g/mol. The Hall–Kier alpha value is -2.22. The van der Waals surface area contributed by atoms with Crippen LogP contribution >= 0.6 is 11.6 Å². The molecule has 1 fully saturated rings. The number of amides is 1. The van der Waals surface area contributed by atoms with Crippen molar-refractivity contribution in [3.8, 4) is 0 Å². The van der Waals surface area contributed by atoms with Crippen molar-refractivity contribution in [1.29, 1.82) is 0 Å². The van der Waals surface area contributed by atoms with Crippen LogP contribution in [0.4, 0.5) is 8.78 Å². The molecule has 0 saturated carbocycles. The molecule has 0 radical (unpaired) electrons. The highest BCUT2D eigenvalue weighted by molar-refractivity contribution is 6.33. The molecule has 0 spiro atoms. The fraction of sp³-hybridized carbons (Fsp3) is 0.500. The Morgan fingerprint density at radius 3 is 2.41 bits per heavy atom. The first-order valence-corrected chi connectivity index (χ1v) is 8.93. The number of carbonyl (C=O) groups excluding carboxylic acids is 3. The SMILES string of the molecule is CCOC(=O)C1CCN(C(=O)C(C)OC(=O)c2cc(F)c(F)cc2Cl)CC1. The predicted molar refractivity (Wildman–Crippen MR) is 92.2 cm³/mol. The molecule has 1 aliphatic heterocycles. The first-order chi connectivity index (χ1) is 12.7. The number of hydrogen-bond donors (Lipinski definition) is 0. The second-order valence-electron chi connectivity index (χ2n) is 6.15. The van der Waals surface area contributed by atoms with E-state index in [1.807, 2.05) is 0 Å². The summed E-state index contributed by atoms with van der Waals surface area (Å²) in [6.45, 7) is 4.07. The molecule has 0 aromatic heterocycles. The second kappa shape index (κ2) is 9.12. The third kappa shape index (κ3) is 5.15. The fourth-order valence-corrected chi connectivity index (χ4v) is 3.03. The first kappa shape index (κ1) is 21.1. The molecule has 1 heterocycles. The summed E-state index contributed by atoms with van der Waals surface area (Å²) in [6, 6.07) is 1.29. The number of likely N-dealkylation sites (tertiary alicyclic amines) is 1. The molecular formula is C18H20ClF2NO5. The quantitative estimate of drug-likeness (QED) is 0.558. The molecule has 1 aliphatic rings. The third-order valence-corrected chi connectivity index (χ3v) is 4.60. The number of benzene rings is 1. The molecule has 1 atom stereocenters. The number of hydrogen-bond acceptors (Lipinski definition) is 5. The number of halogens is 3. The van der Waals surface area contributed by atoms with E-state index < -0.39 is 29.6 Å². The van der Waals surface area contributed by atoms with Gasteiger partial charge in [-0.05, 0) is 38.8 Å².